The topological polar surface area (TPSA) is 39.1 Å². The zero-order valence-electron chi connectivity index (χ0n) is 12.6. The zero-order valence-corrected chi connectivity index (χ0v) is 12.6. The Kier molecular flexibility index (Phi) is 4.99. The fourth-order valence-corrected chi connectivity index (χ4v) is 2.64. The number of hydrogen-bond acceptors (Lipinski definition) is 3. The first-order valence-electron chi connectivity index (χ1n) is 7.43. The number of likely N-dealkylation sites (N-methyl/N-ethyl adjacent to an activating group) is 1. The quantitative estimate of drug-likeness (QED) is 0.784. The maximum absolute atomic E-state index is 5.68. The molecule has 0 aliphatic heterocycles. The lowest BCUT2D eigenvalue weighted by atomic mass is 10.0. The Morgan fingerprint density at radius 3 is 2.79 bits per heavy atom. The molecule has 0 amide bonds. The van der Waals surface area contributed by atoms with Crippen molar-refractivity contribution in [2.75, 3.05) is 14.2 Å². The summed E-state index contributed by atoms with van der Waals surface area (Å²) in [6.45, 7) is 4.39. The van der Waals surface area contributed by atoms with Crippen LogP contribution >= 0.6 is 0 Å². The normalized spacial score (nSPS) is 20.2. The molecule has 1 aromatic heterocycles. The molecule has 3 unspecified atom stereocenters. The van der Waals surface area contributed by atoms with Crippen LogP contribution in [0.2, 0.25) is 0 Å². The molecule has 19 heavy (non-hydrogen) atoms. The van der Waals surface area contributed by atoms with Gasteiger partial charge in [-0.25, -0.2) is 0 Å². The molecule has 0 bridgehead atoms. The standard InChI is InChI=1S/C15H27N3O/c1-5-11(2)18-9-8-13(17-18)10-14(16-3)15(19-4)12-6-7-12/h8-9,11-12,14-16H,5-7,10H2,1-4H3. The van der Waals surface area contributed by atoms with Crippen LogP contribution in [0.5, 0.6) is 0 Å². The lowest BCUT2D eigenvalue weighted by Gasteiger charge is -2.25. The molecule has 0 radical (unpaired) electrons. The van der Waals surface area contributed by atoms with E-state index in [1.54, 1.807) is 0 Å². The molecule has 4 nitrogen and oxygen atoms in total. The molecule has 1 aliphatic carbocycles. The molecular formula is C15H27N3O. The number of aromatic nitrogens is 2. The van der Waals surface area contributed by atoms with Crippen LogP contribution in [0.4, 0.5) is 0 Å². The van der Waals surface area contributed by atoms with E-state index < -0.39 is 0 Å². The molecule has 1 aromatic rings. The summed E-state index contributed by atoms with van der Waals surface area (Å²) in [4.78, 5) is 0. The van der Waals surface area contributed by atoms with Gasteiger partial charge in [-0.3, -0.25) is 4.68 Å². The molecule has 3 atom stereocenters. The highest BCUT2D eigenvalue weighted by molar-refractivity contribution is 5.04. The molecule has 108 valence electrons. The molecule has 4 heteroatoms. The van der Waals surface area contributed by atoms with E-state index in [1.165, 1.54) is 12.8 Å². The summed E-state index contributed by atoms with van der Waals surface area (Å²) in [5.41, 5.74) is 1.15. The van der Waals surface area contributed by atoms with Crippen LogP contribution in [0.25, 0.3) is 0 Å². The van der Waals surface area contributed by atoms with Crippen molar-refractivity contribution in [2.45, 2.75) is 57.7 Å². The third-order valence-electron chi connectivity index (χ3n) is 4.26. The summed E-state index contributed by atoms with van der Waals surface area (Å²) in [5.74, 6) is 0.735. The second kappa shape index (κ2) is 6.53. The Morgan fingerprint density at radius 2 is 2.26 bits per heavy atom. The van der Waals surface area contributed by atoms with Gasteiger partial charge in [-0.1, -0.05) is 6.92 Å². The van der Waals surface area contributed by atoms with E-state index in [1.807, 2.05) is 14.2 Å². The van der Waals surface area contributed by atoms with Gasteiger partial charge in [-0.2, -0.15) is 5.10 Å². The maximum atomic E-state index is 5.68. The van der Waals surface area contributed by atoms with Crippen molar-refractivity contribution >= 4 is 0 Å². The van der Waals surface area contributed by atoms with Crippen molar-refractivity contribution < 1.29 is 4.74 Å². The van der Waals surface area contributed by atoms with Crippen molar-refractivity contribution in [3.63, 3.8) is 0 Å². The lowest BCUT2D eigenvalue weighted by Crippen LogP contribution is -2.42. The second-order valence-corrected chi connectivity index (χ2v) is 5.68. The first kappa shape index (κ1) is 14.5. The number of hydrogen-bond donors (Lipinski definition) is 1. The van der Waals surface area contributed by atoms with Crippen LogP contribution < -0.4 is 5.32 Å². The van der Waals surface area contributed by atoms with Crippen LogP contribution in [0.15, 0.2) is 12.3 Å². The highest BCUT2D eigenvalue weighted by Gasteiger charge is 2.36. The van der Waals surface area contributed by atoms with E-state index in [-0.39, 0.29) is 0 Å². The van der Waals surface area contributed by atoms with Gasteiger partial charge in [0.2, 0.25) is 0 Å². The zero-order chi connectivity index (χ0) is 13.8. The molecule has 0 aromatic carbocycles. The van der Waals surface area contributed by atoms with Crippen molar-refractivity contribution in [3.05, 3.63) is 18.0 Å². The number of rotatable bonds is 8. The predicted molar refractivity (Wildman–Crippen MR) is 77.3 cm³/mol. The molecule has 0 spiro atoms. The van der Waals surface area contributed by atoms with Gasteiger partial charge in [-0.05, 0) is 45.2 Å². The Labute approximate surface area is 116 Å². The first-order chi connectivity index (χ1) is 9.19. The smallest absolute Gasteiger partial charge is 0.0756 e. The van der Waals surface area contributed by atoms with Crippen LogP contribution in [0.1, 0.15) is 44.8 Å². The van der Waals surface area contributed by atoms with E-state index in [2.05, 4.69) is 41.2 Å². The van der Waals surface area contributed by atoms with Gasteiger partial charge in [-0.15, -0.1) is 0 Å². The Morgan fingerprint density at radius 1 is 1.53 bits per heavy atom. The van der Waals surface area contributed by atoms with Gasteiger partial charge >= 0.3 is 0 Å². The fraction of sp³-hybridized carbons (Fsp3) is 0.800. The maximum Gasteiger partial charge on any atom is 0.0756 e. The number of nitrogens with zero attached hydrogens (tertiary/aromatic N) is 2. The molecule has 1 aliphatic rings. The Bertz CT molecular complexity index is 386. The summed E-state index contributed by atoms with van der Waals surface area (Å²) in [6, 6.07) is 2.97. The van der Waals surface area contributed by atoms with Gasteiger partial charge in [0.15, 0.2) is 0 Å². The summed E-state index contributed by atoms with van der Waals surface area (Å²) in [7, 11) is 3.84. The van der Waals surface area contributed by atoms with Gasteiger partial charge in [0.1, 0.15) is 0 Å². The van der Waals surface area contributed by atoms with E-state index in [0.717, 1.165) is 24.5 Å². The highest BCUT2D eigenvalue weighted by Crippen LogP contribution is 2.36. The van der Waals surface area contributed by atoms with Crippen molar-refractivity contribution in [3.8, 4) is 0 Å². The third-order valence-corrected chi connectivity index (χ3v) is 4.26. The lowest BCUT2D eigenvalue weighted by molar-refractivity contribution is 0.0531. The summed E-state index contributed by atoms with van der Waals surface area (Å²) in [6.07, 6.45) is 7.07. The first-order valence-corrected chi connectivity index (χ1v) is 7.43. The Balaban J connectivity index is 1.99. The monoisotopic (exact) mass is 265 g/mol. The highest BCUT2D eigenvalue weighted by atomic mass is 16.5. The minimum absolute atomic E-state index is 0.318. The van der Waals surface area contributed by atoms with E-state index in [9.17, 15) is 0 Å². The van der Waals surface area contributed by atoms with Gasteiger partial charge in [0, 0.05) is 31.8 Å². The predicted octanol–water partition coefficient (Wildman–Crippen LogP) is 2.41. The van der Waals surface area contributed by atoms with Crippen LogP contribution in [0, 0.1) is 5.92 Å². The summed E-state index contributed by atoms with van der Waals surface area (Å²) in [5, 5.41) is 8.09. The summed E-state index contributed by atoms with van der Waals surface area (Å²) < 4.78 is 7.75. The van der Waals surface area contributed by atoms with Crippen molar-refractivity contribution in [1.82, 2.24) is 15.1 Å². The molecule has 1 saturated carbocycles. The molecule has 1 N–H and O–H groups in total. The van der Waals surface area contributed by atoms with Crippen LogP contribution in [0.3, 0.4) is 0 Å². The molecule has 1 heterocycles. The van der Waals surface area contributed by atoms with Crippen LogP contribution in [-0.2, 0) is 11.2 Å². The van der Waals surface area contributed by atoms with Crippen molar-refractivity contribution in [2.24, 2.45) is 5.92 Å². The SMILES string of the molecule is CCC(C)n1ccc(CC(NC)C(OC)C2CC2)n1. The molecular weight excluding hydrogens is 238 g/mol. The fourth-order valence-electron chi connectivity index (χ4n) is 2.64. The largest absolute Gasteiger partial charge is 0.380 e. The molecule has 0 saturated heterocycles. The summed E-state index contributed by atoms with van der Waals surface area (Å²) >= 11 is 0. The van der Waals surface area contributed by atoms with Gasteiger partial charge < -0.3 is 10.1 Å². The second-order valence-electron chi connectivity index (χ2n) is 5.68. The number of nitrogens with one attached hydrogen (secondary N) is 1. The average molecular weight is 265 g/mol. The average Bonchev–Trinajstić information content (AvgIpc) is 3.15. The van der Waals surface area contributed by atoms with Crippen molar-refractivity contribution in [1.29, 1.82) is 0 Å². The van der Waals surface area contributed by atoms with E-state index >= 15 is 0 Å². The van der Waals surface area contributed by atoms with Gasteiger partial charge in [0.05, 0.1) is 11.8 Å². The minimum atomic E-state index is 0.318. The number of ether oxygens (including phenoxy) is 1. The minimum Gasteiger partial charge on any atom is -0.380 e. The molecule has 1 fully saturated rings. The van der Waals surface area contributed by atoms with Gasteiger partial charge in [0.25, 0.3) is 0 Å². The molecule has 2 rings (SSSR count). The Hall–Kier alpha value is -0.870. The third kappa shape index (κ3) is 3.57. The van der Waals surface area contributed by atoms with Crippen LogP contribution in [-0.4, -0.2) is 36.1 Å². The van der Waals surface area contributed by atoms with E-state index in [4.69, 9.17) is 4.74 Å². The van der Waals surface area contributed by atoms with E-state index in [0.29, 0.717) is 18.2 Å². The number of methoxy groups -OCH3 is 1.